The second-order valence-corrected chi connectivity index (χ2v) is 10.5. The lowest BCUT2D eigenvalue weighted by Gasteiger charge is -2.36. The normalized spacial score (nSPS) is 13.1. The number of hydrogen-bond acceptors (Lipinski definition) is 3. The molecule has 0 aromatic rings. The van der Waals surface area contributed by atoms with Crippen molar-refractivity contribution >= 4 is 8.32 Å². The van der Waals surface area contributed by atoms with E-state index in [9.17, 15) is 0 Å². The first-order valence-electron chi connectivity index (χ1n) is 6.14. The first-order valence-corrected chi connectivity index (χ1v) is 9.04. The average Bonchev–Trinajstić information content (AvgIpc) is 2.14. The van der Waals surface area contributed by atoms with E-state index in [2.05, 4.69) is 33.9 Å². The summed E-state index contributed by atoms with van der Waals surface area (Å²) in [5.41, 5.74) is 0. The minimum atomic E-state index is -1.58. The fraction of sp³-hybridized carbons (Fsp3) is 1.00. The molecule has 0 aliphatic carbocycles. The summed E-state index contributed by atoms with van der Waals surface area (Å²) < 4.78 is 11.4. The standard InChI is InChI=1S/C12H28O3Si/c1-12(2,3)16(4,5)15-11-7-10-14-9-6-8-13/h13H,6-11H2,1-5H3. The molecule has 0 saturated heterocycles. The van der Waals surface area contributed by atoms with Crippen LogP contribution in [0.25, 0.3) is 0 Å². The van der Waals surface area contributed by atoms with Gasteiger partial charge in [-0.05, 0) is 31.0 Å². The van der Waals surface area contributed by atoms with Gasteiger partial charge in [-0.15, -0.1) is 0 Å². The quantitative estimate of drug-likeness (QED) is 0.530. The van der Waals surface area contributed by atoms with E-state index in [1.807, 2.05) is 0 Å². The maximum Gasteiger partial charge on any atom is 0.191 e. The van der Waals surface area contributed by atoms with Crippen LogP contribution in [0.15, 0.2) is 0 Å². The van der Waals surface area contributed by atoms with Gasteiger partial charge in [0.2, 0.25) is 0 Å². The van der Waals surface area contributed by atoms with Crippen molar-refractivity contribution in [1.29, 1.82) is 0 Å². The zero-order chi connectivity index (χ0) is 12.7. The highest BCUT2D eigenvalue weighted by atomic mass is 28.4. The minimum absolute atomic E-state index is 0.209. The van der Waals surface area contributed by atoms with Gasteiger partial charge >= 0.3 is 0 Å². The Morgan fingerprint density at radius 2 is 1.56 bits per heavy atom. The van der Waals surface area contributed by atoms with Gasteiger partial charge in [0.05, 0.1) is 0 Å². The third-order valence-electron chi connectivity index (χ3n) is 3.15. The fourth-order valence-corrected chi connectivity index (χ4v) is 2.06. The van der Waals surface area contributed by atoms with E-state index in [1.165, 1.54) is 0 Å². The summed E-state index contributed by atoms with van der Waals surface area (Å²) in [5.74, 6) is 0. The Morgan fingerprint density at radius 1 is 1.00 bits per heavy atom. The summed E-state index contributed by atoms with van der Waals surface area (Å²) in [6.45, 7) is 13.6. The molecule has 0 aromatic heterocycles. The molecule has 0 aliphatic rings. The molecule has 0 bridgehead atoms. The average molecular weight is 248 g/mol. The van der Waals surface area contributed by atoms with Crippen LogP contribution in [0.5, 0.6) is 0 Å². The summed E-state index contributed by atoms with van der Waals surface area (Å²) in [5, 5.41) is 8.85. The second-order valence-electron chi connectivity index (χ2n) is 5.65. The minimum Gasteiger partial charge on any atom is -0.417 e. The fourth-order valence-electron chi connectivity index (χ4n) is 0.973. The number of aliphatic hydroxyl groups is 1. The Bertz CT molecular complexity index is 176. The smallest absolute Gasteiger partial charge is 0.191 e. The second kappa shape index (κ2) is 7.43. The molecular weight excluding hydrogens is 220 g/mol. The molecule has 1 N–H and O–H groups in total. The van der Waals surface area contributed by atoms with Crippen molar-refractivity contribution in [3.05, 3.63) is 0 Å². The van der Waals surface area contributed by atoms with Crippen LogP contribution < -0.4 is 0 Å². The maximum absolute atomic E-state index is 8.57. The van der Waals surface area contributed by atoms with Crippen LogP contribution in [-0.4, -0.2) is 39.9 Å². The topological polar surface area (TPSA) is 38.7 Å². The van der Waals surface area contributed by atoms with Crippen LogP contribution in [0.1, 0.15) is 33.6 Å². The predicted molar refractivity (Wildman–Crippen MR) is 70.3 cm³/mol. The van der Waals surface area contributed by atoms with E-state index in [0.717, 1.165) is 26.1 Å². The van der Waals surface area contributed by atoms with Gasteiger partial charge in [0.15, 0.2) is 8.32 Å². The Labute approximate surface area is 101 Å². The SMILES string of the molecule is CC(C)(C)[Si](C)(C)OCCCOCCCO. The van der Waals surface area contributed by atoms with E-state index in [0.29, 0.717) is 6.61 Å². The van der Waals surface area contributed by atoms with Gasteiger partial charge in [-0.25, -0.2) is 0 Å². The molecule has 0 rings (SSSR count). The Morgan fingerprint density at radius 3 is 2.06 bits per heavy atom. The molecule has 0 spiro atoms. The molecule has 4 heteroatoms. The van der Waals surface area contributed by atoms with Crippen molar-refractivity contribution in [2.45, 2.75) is 51.7 Å². The predicted octanol–water partition coefficient (Wildman–Crippen LogP) is 2.80. The summed E-state index contributed by atoms with van der Waals surface area (Å²) in [6.07, 6.45) is 1.67. The molecule has 0 fully saturated rings. The first-order chi connectivity index (χ1) is 7.31. The van der Waals surface area contributed by atoms with Gasteiger partial charge in [0.1, 0.15) is 0 Å². The van der Waals surface area contributed by atoms with Crippen molar-refractivity contribution in [1.82, 2.24) is 0 Å². The van der Waals surface area contributed by atoms with Crippen molar-refractivity contribution in [3.8, 4) is 0 Å². The van der Waals surface area contributed by atoms with Gasteiger partial charge in [-0.2, -0.15) is 0 Å². The molecule has 0 heterocycles. The molecule has 0 aliphatic heterocycles. The first kappa shape index (κ1) is 16.1. The lowest BCUT2D eigenvalue weighted by molar-refractivity contribution is 0.103. The van der Waals surface area contributed by atoms with Crippen LogP contribution in [0.3, 0.4) is 0 Å². The zero-order valence-corrected chi connectivity index (χ0v) is 12.5. The molecule has 98 valence electrons. The Kier molecular flexibility index (Phi) is 7.47. The molecule has 16 heavy (non-hydrogen) atoms. The van der Waals surface area contributed by atoms with E-state index < -0.39 is 8.32 Å². The van der Waals surface area contributed by atoms with Gasteiger partial charge in [-0.1, -0.05) is 20.8 Å². The largest absolute Gasteiger partial charge is 0.417 e. The monoisotopic (exact) mass is 248 g/mol. The van der Waals surface area contributed by atoms with Crippen molar-refractivity contribution in [2.24, 2.45) is 0 Å². The summed E-state index contributed by atoms with van der Waals surface area (Å²) in [7, 11) is -1.58. The van der Waals surface area contributed by atoms with Crippen LogP contribution in [-0.2, 0) is 9.16 Å². The molecule has 0 amide bonds. The van der Waals surface area contributed by atoms with Crippen LogP contribution in [0, 0.1) is 0 Å². The van der Waals surface area contributed by atoms with Gasteiger partial charge in [-0.3, -0.25) is 0 Å². The van der Waals surface area contributed by atoms with E-state index >= 15 is 0 Å². The highest BCUT2D eigenvalue weighted by molar-refractivity contribution is 6.74. The maximum atomic E-state index is 8.57. The van der Waals surface area contributed by atoms with Crippen LogP contribution in [0.4, 0.5) is 0 Å². The Hall–Kier alpha value is 0.0969. The highest BCUT2D eigenvalue weighted by Crippen LogP contribution is 2.36. The van der Waals surface area contributed by atoms with E-state index in [4.69, 9.17) is 14.3 Å². The van der Waals surface area contributed by atoms with E-state index in [1.54, 1.807) is 0 Å². The zero-order valence-electron chi connectivity index (χ0n) is 11.5. The van der Waals surface area contributed by atoms with Crippen LogP contribution >= 0.6 is 0 Å². The summed E-state index contributed by atoms with van der Waals surface area (Å²) >= 11 is 0. The highest BCUT2D eigenvalue weighted by Gasteiger charge is 2.36. The third kappa shape index (κ3) is 6.63. The molecule has 0 radical (unpaired) electrons. The number of aliphatic hydroxyl groups excluding tert-OH is 1. The van der Waals surface area contributed by atoms with Crippen LogP contribution in [0.2, 0.25) is 18.1 Å². The molecule has 0 saturated carbocycles. The number of rotatable bonds is 8. The molecule has 0 unspecified atom stereocenters. The summed E-state index contributed by atoms with van der Waals surface area (Å²) in [6, 6.07) is 0. The molecule has 0 aromatic carbocycles. The van der Waals surface area contributed by atoms with Crippen molar-refractivity contribution in [2.75, 3.05) is 26.4 Å². The molecule has 0 atom stereocenters. The van der Waals surface area contributed by atoms with Crippen molar-refractivity contribution in [3.63, 3.8) is 0 Å². The van der Waals surface area contributed by atoms with Gasteiger partial charge < -0.3 is 14.3 Å². The number of hydrogen-bond donors (Lipinski definition) is 1. The lowest BCUT2D eigenvalue weighted by Crippen LogP contribution is -2.41. The number of ether oxygens (including phenoxy) is 1. The third-order valence-corrected chi connectivity index (χ3v) is 7.69. The van der Waals surface area contributed by atoms with Gasteiger partial charge in [0.25, 0.3) is 0 Å². The Balaban J connectivity index is 3.51. The van der Waals surface area contributed by atoms with E-state index in [-0.39, 0.29) is 11.6 Å². The molecule has 3 nitrogen and oxygen atoms in total. The molecular formula is C12H28O3Si. The lowest BCUT2D eigenvalue weighted by atomic mass is 10.2. The van der Waals surface area contributed by atoms with Crippen molar-refractivity contribution < 1.29 is 14.3 Å². The van der Waals surface area contributed by atoms with Gasteiger partial charge in [0, 0.05) is 26.4 Å². The summed E-state index contributed by atoms with van der Waals surface area (Å²) in [4.78, 5) is 0.